The highest BCUT2D eigenvalue weighted by atomic mass is 35.5. The number of Topliss-reactive ketones (excluding diaryl/α,β-unsaturated/α-hetero) is 1. The third-order valence-electron chi connectivity index (χ3n) is 4.17. The van der Waals surface area contributed by atoms with E-state index in [9.17, 15) is 14.4 Å². The third-order valence-corrected chi connectivity index (χ3v) is 4.46. The average Bonchev–Trinajstić information content (AvgIpc) is 2.70. The minimum absolute atomic E-state index is 0.0208. The smallest absolute Gasteiger partial charge is 0.344 e. The summed E-state index contributed by atoms with van der Waals surface area (Å²) in [7, 11) is 1.48. The van der Waals surface area contributed by atoms with E-state index in [2.05, 4.69) is 5.32 Å². The first-order valence-electron chi connectivity index (χ1n) is 8.54. The lowest BCUT2D eigenvalue weighted by Gasteiger charge is -2.17. The SMILES string of the molecule is COc1ccc(C(=O)COC(=O)COc2ccc3c(c2)CCC(=O)N3)cc1Cl. The number of hydrogen-bond acceptors (Lipinski definition) is 6. The molecule has 1 aliphatic heterocycles. The van der Waals surface area contributed by atoms with Crippen molar-refractivity contribution in [3.05, 3.63) is 52.5 Å². The highest BCUT2D eigenvalue weighted by molar-refractivity contribution is 6.32. The molecule has 3 rings (SSSR count). The van der Waals surface area contributed by atoms with Crippen molar-refractivity contribution in [3.8, 4) is 11.5 Å². The molecule has 146 valence electrons. The van der Waals surface area contributed by atoms with Gasteiger partial charge in [-0.25, -0.2) is 4.79 Å². The van der Waals surface area contributed by atoms with Crippen molar-refractivity contribution in [2.75, 3.05) is 25.6 Å². The van der Waals surface area contributed by atoms with Gasteiger partial charge in [-0.1, -0.05) is 11.6 Å². The van der Waals surface area contributed by atoms with Crippen LogP contribution in [-0.2, 0) is 20.7 Å². The lowest BCUT2D eigenvalue weighted by atomic mass is 10.0. The van der Waals surface area contributed by atoms with Gasteiger partial charge in [0.25, 0.3) is 0 Å². The molecule has 0 aliphatic carbocycles. The molecular formula is C20H18ClNO6. The topological polar surface area (TPSA) is 90.9 Å². The number of carbonyl (C=O) groups is 3. The van der Waals surface area contributed by atoms with Crippen molar-refractivity contribution in [1.82, 2.24) is 0 Å². The van der Waals surface area contributed by atoms with Crippen LogP contribution in [0.2, 0.25) is 5.02 Å². The van der Waals surface area contributed by atoms with Crippen LogP contribution in [-0.4, -0.2) is 38.0 Å². The molecule has 0 fully saturated rings. The van der Waals surface area contributed by atoms with Gasteiger partial charge in [0.2, 0.25) is 5.91 Å². The summed E-state index contributed by atoms with van der Waals surface area (Å²) >= 11 is 5.98. The zero-order chi connectivity index (χ0) is 20.1. The van der Waals surface area contributed by atoms with Crippen LogP contribution in [0.5, 0.6) is 11.5 Å². The molecule has 0 aromatic heterocycles. The second-order valence-electron chi connectivity index (χ2n) is 6.09. The Morgan fingerprint density at radius 1 is 1.11 bits per heavy atom. The molecule has 1 N–H and O–H groups in total. The lowest BCUT2D eigenvalue weighted by molar-refractivity contribution is -0.144. The molecule has 28 heavy (non-hydrogen) atoms. The second-order valence-corrected chi connectivity index (χ2v) is 6.50. The molecule has 2 aromatic rings. The van der Waals surface area contributed by atoms with Crippen molar-refractivity contribution in [3.63, 3.8) is 0 Å². The summed E-state index contributed by atoms with van der Waals surface area (Å²) in [5.41, 5.74) is 2.00. The summed E-state index contributed by atoms with van der Waals surface area (Å²) in [6, 6.07) is 9.72. The fraction of sp³-hybridized carbons (Fsp3) is 0.250. The normalized spacial score (nSPS) is 12.6. The summed E-state index contributed by atoms with van der Waals surface area (Å²) in [6.07, 6.45) is 1.03. The van der Waals surface area contributed by atoms with E-state index in [1.807, 2.05) is 0 Å². The Kier molecular flexibility index (Phi) is 6.16. The zero-order valence-corrected chi connectivity index (χ0v) is 15.9. The van der Waals surface area contributed by atoms with Crippen LogP contribution < -0.4 is 14.8 Å². The van der Waals surface area contributed by atoms with E-state index in [1.54, 1.807) is 30.3 Å². The highest BCUT2D eigenvalue weighted by Gasteiger charge is 2.16. The first kappa shape index (κ1) is 19.7. The number of ether oxygens (including phenoxy) is 3. The average molecular weight is 404 g/mol. The molecule has 7 nitrogen and oxygen atoms in total. The molecule has 0 atom stereocenters. The van der Waals surface area contributed by atoms with Crippen molar-refractivity contribution < 1.29 is 28.6 Å². The number of amides is 1. The number of carbonyl (C=O) groups excluding carboxylic acids is 3. The Balaban J connectivity index is 1.49. The van der Waals surface area contributed by atoms with E-state index in [0.717, 1.165) is 11.3 Å². The van der Waals surface area contributed by atoms with Crippen LogP contribution in [0.15, 0.2) is 36.4 Å². The summed E-state index contributed by atoms with van der Waals surface area (Å²) in [5.74, 6) is -0.137. The molecule has 2 aromatic carbocycles. The first-order chi connectivity index (χ1) is 13.5. The van der Waals surface area contributed by atoms with Crippen LogP contribution in [0.25, 0.3) is 0 Å². The number of benzene rings is 2. The van der Waals surface area contributed by atoms with Gasteiger partial charge in [0.05, 0.1) is 12.1 Å². The van der Waals surface area contributed by atoms with Crippen molar-refractivity contribution in [1.29, 1.82) is 0 Å². The maximum absolute atomic E-state index is 12.1. The molecule has 0 spiro atoms. The Morgan fingerprint density at radius 3 is 2.68 bits per heavy atom. The van der Waals surface area contributed by atoms with Gasteiger partial charge in [-0.2, -0.15) is 0 Å². The van der Waals surface area contributed by atoms with E-state index < -0.39 is 12.6 Å². The van der Waals surface area contributed by atoms with E-state index in [-0.39, 0.29) is 18.3 Å². The number of halogens is 1. The van der Waals surface area contributed by atoms with Gasteiger partial charge in [-0.05, 0) is 48.4 Å². The number of esters is 1. The van der Waals surface area contributed by atoms with Gasteiger partial charge < -0.3 is 19.5 Å². The number of anilines is 1. The minimum Gasteiger partial charge on any atom is -0.495 e. The molecule has 0 bridgehead atoms. The number of hydrogen-bond donors (Lipinski definition) is 1. The molecule has 0 unspecified atom stereocenters. The van der Waals surface area contributed by atoms with Gasteiger partial charge in [-0.15, -0.1) is 0 Å². The van der Waals surface area contributed by atoms with Crippen LogP contribution in [0.3, 0.4) is 0 Å². The van der Waals surface area contributed by atoms with E-state index >= 15 is 0 Å². The quantitative estimate of drug-likeness (QED) is 0.564. The molecule has 0 saturated heterocycles. The van der Waals surface area contributed by atoms with Crippen molar-refractivity contribution >= 4 is 34.9 Å². The molecule has 1 heterocycles. The first-order valence-corrected chi connectivity index (χ1v) is 8.92. The molecule has 8 heteroatoms. The number of rotatable bonds is 7. The number of ketones is 1. The Morgan fingerprint density at radius 2 is 1.93 bits per heavy atom. The summed E-state index contributed by atoms with van der Waals surface area (Å²) < 4.78 is 15.4. The predicted octanol–water partition coefficient (Wildman–Crippen LogP) is 3.04. The standard InChI is InChI=1S/C20H18ClNO6/c1-26-18-6-2-13(9-15(18)21)17(23)10-28-20(25)11-27-14-4-5-16-12(8-14)3-7-19(24)22-16/h2,4-6,8-9H,3,7,10-11H2,1H3,(H,22,24). The lowest BCUT2D eigenvalue weighted by Crippen LogP contribution is -2.20. The van der Waals surface area contributed by atoms with E-state index in [0.29, 0.717) is 34.9 Å². The van der Waals surface area contributed by atoms with Crippen LogP contribution >= 0.6 is 11.6 Å². The Bertz CT molecular complexity index is 927. The molecule has 1 aliphatic rings. The highest BCUT2D eigenvalue weighted by Crippen LogP contribution is 2.27. The van der Waals surface area contributed by atoms with Gasteiger partial charge in [-0.3, -0.25) is 9.59 Å². The van der Waals surface area contributed by atoms with Gasteiger partial charge in [0.15, 0.2) is 19.0 Å². The monoisotopic (exact) mass is 403 g/mol. The summed E-state index contributed by atoms with van der Waals surface area (Å²) in [6.45, 7) is -0.747. The largest absolute Gasteiger partial charge is 0.495 e. The van der Waals surface area contributed by atoms with Crippen molar-refractivity contribution in [2.24, 2.45) is 0 Å². The van der Waals surface area contributed by atoms with Gasteiger partial charge >= 0.3 is 5.97 Å². The van der Waals surface area contributed by atoms with Crippen molar-refractivity contribution in [2.45, 2.75) is 12.8 Å². The molecule has 0 radical (unpaired) electrons. The number of aryl methyl sites for hydroxylation is 1. The van der Waals surface area contributed by atoms with Crippen LogP contribution in [0.1, 0.15) is 22.3 Å². The maximum Gasteiger partial charge on any atom is 0.344 e. The molecule has 0 saturated carbocycles. The number of methoxy groups -OCH3 is 1. The van der Waals surface area contributed by atoms with Crippen LogP contribution in [0, 0.1) is 0 Å². The maximum atomic E-state index is 12.1. The fourth-order valence-electron chi connectivity index (χ4n) is 2.70. The summed E-state index contributed by atoms with van der Waals surface area (Å²) in [4.78, 5) is 35.3. The predicted molar refractivity (Wildman–Crippen MR) is 102 cm³/mol. The Hall–Kier alpha value is -3.06. The van der Waals surface area contributed by atoms with Gasteiger partial charge in [0, 0.05) is 17.7 Å². The third kappa shape index (κ3) is 4.80. The van der Waals surface area contributed by atoms with Gasteiger partial charge in [0.1, 0.15) is 11.5 Å². The summed E-state index contributed by atoms with van der Waals surface area (Å²) in [5, 5.41) is 3.07. The minimum atomic E-state index is -0.668. The fourth-order valence-corrected chi connectivity index (χ4v) is 2.96. The van der Waals surface area contributed by atoms with E-state index in [4.69, 9.17) is 25.8 Å². The molecule has 1 amide bonds. The zero-order valence-electron chi connectivity index (χ0n) is 15.1. The van der Waals surface area contributed by atoms with Crippen LogP contribution in [0.4, 0.5) is 5.69 Å². The Labute approximate surface area is 166 Å². The molecular weight excluding hydrogens is 386 g/mol. The second kappa shape index (κ2) is 8.75. The van der Waals surface area contributed by atoms with E-state index in [1.165, 1.54) is 13.2 Å². The number of fused-ring (bicyclic) bond motifs is 1. The number of nitrogens with one attached hydrogen (secondary N) is 1.